The lowest BCUT2D eigenvalue weighted by atomic mass is 10.5. The molecule has 10 nitrogen and oxygen atoms in total. The topological polar surface area (TPSA) is 143 Å². The number of H-pyrrole nitrogens is 1. The monoisotopic (exact) mass is 332 g/mol. The van der Waals surface area contributed by atoms with Gasteiger partial charge in [-0.25, -0.2) is 18.1 Å². The number of anilines is 1. The standard InChI is InChI=1S/C9H12N6O4S2/c1-2-10-9-6(15(16)17)3-8(20-9)21(18,19)13-4-7-11-5-12-14-7/h3,5,10,13H,2,4H2,1H3,(H,11,12,14). The highest BCUT2D eigenvalue weighted by molar-refractivity contribution is 7.91. The van der Waals surface area contributed by atoms with Crippen molar-refractivity contribution in [1.29, 1.82) is 0 Å². The van der Waals surface area contributed by atoms with E-state index >= 15 is 0 Å². The third-order valence-electron chi connectivity index (χ3n) is 2.38. The van der Waals surface area contributed by atoms with E-state index in [1.165, 1.54) is 6.33 Å². The van der Waals surface area contributed by atoms with Crippen molar-refractivity contribution in [3.63, 3.8) is 0 Å². The number of nitrogens with zero attached hydrogens (tertiary/aromatic N) is 3. The minimum absolute atomic E-state index is 0.0788. The van der Waals surface area contributed by atoms with Gasteiger partial charge in [0.15, 0.2) is 5.00 Å². The van der Waals surface area contributed by atoms with E-state index in [1.54, 1.807) is 6.92 Å². The first-order valence-electron chi connectivity index (χ1n) is 5.80. The summed E-state index contributed by atoms with van der Waals surface area (Å²) in [7, 11) is -3.85. The zero-order valence-corrected chi connectivity index (χ0v) is 12.5. The first kappa shape index (κ1) is 15.3. The molecule has 2 aromatic heterocycles. The second-order valence-electron chi connectivity index (χ2n) is 3.82. The molecular formula is C9H12N6O4S2. The van der Waals surface area contributed by atoms with Crippen molar-refractivity contribution >= 4 is 32.0 Å². The maximum Gasteiger partial charge on any atom is 0.304 e. The number of thiophene rings is 1. The summed E-state index contributed by atoms with van der Waals surface area (Å²) in [5.41, 5.74) is -0.262. The Morgan fingerprint density at radius 2 is 2.29 bits per heavy atom. The van der Waals surface area contributed by atoms with Gasteiger partial charge in [-0.3, -0.25) is 15.2 Å². The van der Waals surface area contributed by atoms with E-state index in [2.05, 4.69) is 25.2 Å². The highest BCUT2D eigenvalue weighted by Gasteiger charge is 2.25. The molecule has 21 heavy (non-hydrogen) atoms. The molecule has 0 fully saturated rings. The summed E-state index contributed by atoms with van der Waals surface area (Å²) in [6, 6.07) is 1.03. The first-order chi connectivity index (χ1) is 9.94. The highest BCUT2D eigenvalue weighted by atomic mass is 32.2. The Balaban J connectivity index is 2.23. The van der Waals surface area contributed by atoms with E-state index < -0.39 is 14.9 Å². The first-order valence-corrected chi connectivity index (χ1v) is 8.10. The van der Waals surface area contributed by atoms with Gasteiger partial charge in [-0.1, -0.05) is 11.3 Å². The lowest BCUT2D eigenvalue weighted by Crippen LogP contribution is -2.23. The Labute approximate surface area is 123 Å². The quantitative estimate of drug-likeness (QED) is 0.500. The van der Waals surface area contributed by atoms with Crippen LogP contribution < -0.4 is 10.0 Å². The Bertz CT molecular complexity index is 724. The van der Waals surface area contributed by atoms with Crippen LogP contribution in [0.1, 0.15) is 12.7 Å². The van der Waals surface area contributed by atoms with Gasteiger partial charge in [0.2, 0.25) is 0 Å². The Morgan fingerprint density at radius 1 is 1.52 bits per heavy atom. The molecule has 0 amide bonds. The Kier molecular flexibility index (Phi) is 4.50. The van der Waals surface area contributed by atoms with E-state index in [0.29, 0.717) is 12.4 Å². The zero-order chi connectivity index (χ0) is 15.5. The van der Waals surface area contributed by atoms with E-state index in [-0.39, 0.29) is 21.4 Å². The maximum absolute atomic E-state index is 12.1. The molecule has 0 atom stereocenters. The average Bonchev–Trinajstić information content (AvgIpc) is 3.06. The molecule has 0 unspecified atom stereocenters. The molecule has 0 saturated heterocycles. The molecule has 2 rings (SSSR count). The van der Waals surface area contributed by atoms with Crippen LogP contribution in [0.25, 0.3) is 0 Å². The third-order valence-corrected chi connectivity index (χ3v) is 5.34. The summed E-state index contributed by atoms with van der Waals surface area (Å²) in [6.07, 6.45) is 1.25. The second kappa shape index (κ2) is 6.15. The molecule has 0 saturated carbocycles. The number of hydrogen-bond acceptors (Lipinski definition) is 8. The van der Waals surface area contributed by atoms with Crippen LogP contribution in [0.5, 0.6) is 0 Å². The molecule has 12 heteroatoms. The van der Waals surface area contributed by atoms with Crippen molar-refractivity contribution in [2.75, 3.05) is 11.9 Å². The van der Waals surface area contributed by atoms with Gasteiger partial charge in [-0.2, -0.15) is 5.10 Å². The fourth-order valence-electron chi connectivity index (χ4n) is 1.47. The molecule has 0 radical (unpaired) electrons. The van der Waals surface area contributed by atoms with Gasteiger partial charge in [-0.15, -0.1) is 0 Å². The van der Waals surface area contributed by atoms with E-state index in [1.807, 2.05) is 0 Å². The molecule has 0 aliphatic heterocycles. The molecular weight excluding hydrogens is 320 g/mol. The molecule has 0 aromatic carbocycles. The minimum Gasteiger partial charge on any atom is -0.372 e. The minimum atomic E-state index is -3.85. The molecule has 114 valence electrons. The number of hydrogen-bond donors (Lipinski definition) is 3. The van der Waals surface area contributed by atoms with Crippen LogP contribution in [-0.2, 0) is 16.6 Å². The van der Waals surface area contributed by atoms with Crippen LogP contribution in [0.3, 0.4) is 0 Å². The highest BCUT2D eigenvalue weighted by Crippen LogP contribution is 2.36. The summed E-state index contributed by atoms with van der Waals surface area (Å²) in [5.74, 6) is 0.344. The van der Waals surface area contributed by atoms with Crippen LogP contribution in [0, 0.1) is 10.1 Å². The van der Waals surface area contributed by atoms with Crippen molar-refractivity contribution in [2.24, 2.45) is 0 Å². The zero-order valence-electron chi connectivity index (χ0n) is 10.9. The molecule has 0 aliphatic rings. The molecule has 3 N–H and O–H groups in total. The summed E-state index contributed by atoms with van der Waals surface area (Å²) < 4.78 is 26.4. The summed E-state index contributed by atoms with van der Waals surface area (Å²) in [5, 5.41) is 20.0. The predicted octanol–water partition coefficient (Wildman–Crippen LogP) is 0.685. The van der Waals surface area contributed by atoms with Crippen LogP contribution in [0.2, 0.25) is 0 Å². The van der Waals surface area contributed by atoms with Gasteiger partial charge in [0.25, 0.3) is 10.0 Å². The number of sulfonamides is 1. The summed E-state index contributed by atoms with van der Waals surface area (Å²) >= 11 is 0.807. The number of rotatable bonds is 7. The van der Waals surface area contributed by atoms with Gasteiger partial charge in [0.1, 0.15) is 16.4 Å². The van der Waals surface area contributed by atoms with Crippen LogP contribution >= 0.6 is 11.3 Å². The molecule has 0 aliphatic carbocycles. The van der Waals surface area contributed by atoms with E-state index in [9.17, 15) is 18.5 Å². The van der Waals surface area contributed by atoms with Gasteiger partial charge in [-0.05, 0) is 6.92 Å². The predicted molar refractivity (Wildman–Crippen MR) is 75.5 cm³/mol. The van der Waals surface area contributed by atoms with Crippen LogP contribution in [0.4, 0.5) is 10.7 Å². The van der Waals surface area contributed by atoms with Crippen molar-refractivity contribution in [1.82, 2.24) is 19.9 Å². The summed E-state index contributed by atoms with van der Waals surface area (Å²) in [4.78, 5) is 14.1. The SMILES string of the molecule is CCNc1sc(S(=O)(=O)NCc2ncn[nH]2)cc1[N+](=O)[O-]. The molecule has 0 bridgehead atoms. The number of nitrogens with one attached hydrogen (secondary N) is 3. The number of aromatic nitrogens is 3. The van der Waals surface area contributed by atoms with Gasteiger partial charge in [0, 0.05) is 12.6 Å². The van der Waals surface area contributed by atoms with Crippen LogP contribution in [-0.4, -0.2) is 35.1 Å². The average molecular weight is 332 g/mol. The molecule has 2 heterocycles. The number of nitro groups is 1. The fourth-order valence-corrected chi connectivity index (χ4v) is 3.89. The van der Waals surface area contributed by atoms with Crippen molar-refractivity contribution in [2.45, 2.75) is 17.7 Å². The normalized spacial score (nSPS) is 11.5. The lowest BCUT2D eigenvalue weighted by molar-refractivity contribution is -0.383. The van der Waals surface area contributed by atoms with Crippen LogP contribution in [0.15, 0.2) is 16.6 Å². The van der Waals surface area contributed by atoms with Gasteiger partial charge < -0.3 is 5.32 Å². The maximum atomic E-state index is 12.1. The van der Waals surface area contributed by atoms with E-state index in [4.69, 9.17) is 0 Å². The summed E-state index contributed by atoms with van der Waals surface area (Å²) in [6.45, 7) is 2.14. The van der Waals surface area contributed by atoms with Crippen molar-refractivity contribution in [3.05, 3.63) is 28.3 Å². The smallest absolute Gasteiger partial charge is 0.304 e. The van der Waals surface area contributed by atoms with Crippen molar-refractivity contribution in [3.8, 4) is 0 Å². The van der Waals surface area contributed by atoms with Gasteiger partial charge in [0.05, 0.1) is 11.5 Å². The molecule has 2 aromatic rings. The molecule has 0 spiro atoms. The lowest BCUT2D eigenvalue weighted by Gasteiger charge is -2.01. The fraction of sp³-hybridized carbons (Fsp3) is 0.333. The second-order valence-corrected chi connectivity index (χ2v) is 6.87. The third kappa shape index (κ3) is 3.53. The Morgan fingerprint density at radius 3 is 2.86 bits per heavy atom. The van der Waals surface area contributed by atoms with Gasteiger partial charge >= 0.3 is 5.69 Å². The number of aromatic amines is 1. The van der Waals surface area contributed by atoms with Crippen molar-refractivity contribution < 1.29 is 13.3 Å². The van der Waals surface area contributed by atoms with E-state index in [0.717, 1.165) is 17.4 Å². The largest absolute Gasteiger partial charge is 0.372 e. The Hall–Kier alpha value is -2.05.